The van der Waals surface area contributed by atoms with Crippen LogP contribution in [-0.4, -0.2) is 18.2 Å². The van der Waals surface area contributed by atoms with Crippen molar-refractivity contribution in [2.75, 3.05) is 7.11 Å². The second kappa shape index (κ2) is 5.80. The molecule has 1 aromatic rings. The summed E-state index contributed by atoms with van der Waals surface area (Å²) in [4.78, 5) is 11.1. The molecule has 6 heteroatoms. The molecule has 4 nitrogen and oxygen atoms in total. The number of carbonyl (C=O) groups is 1. The minimum Gasteiger partial charge on any atom is -0.506 e. The summed E-state index contributed by atoms with van der Waals surface area (Å²) in [7, 11) is 1.23. The fourth-order valence-corrected chi connectivity index (χ4v) is 1.22. The number of phenols is 1. The summed E-state index contributed by atoms with van der Waals surface area (Å²) in [6, 6.07) is 3.60. The van der Waals surface area contributed by atoms with Crippen LogP contribution in [0.1, 0.15) is 11.6 Å². The second-order valence-electron chi connectivity index (χ2n) is 2.68. The number of nitrogens with two attached hydrogens (primary N) is 1. The SMILES string of the molecule is COC(=O)[C@@H](N)c1cccc(Cl)c1O.Cl. The van der Waals surface area contributed by atoms with Crippen LogP contribution in [0.15, 0.2) is 18.2 Å². The number of phenolic OH excluding ortho intramolecular Hbond substituents is 1. The number of aromatic hydroxyl groups is 1. The molecule has 84 valence electrons. The standard InChI is InChI=1S/C9H10ClNO3.ClH/c1-14-9(13)7(11)5-3-2-4-6(10)8(5)12;/h2-4,7,12H,11H2,1H3;1H/t7-;/m0./s1. The van der Waals surface area contributed by atoms with Crippen molar-refractivity contribution in [2.24, 2.45) is 5.73 Å². The third-order valence-electron chi connectivity index (χ3n) is 1.81. The Morgan fingerprint density at radius 2 is 2.20 bits per heavy atom. The number of methoxy groups -OCH3 is 1. The molecule has 0 aliphatic heterocycles. The molecule has 0 heterocycles. The zero-order chi connectivity index (χ0) is 10.7. The van der Waals surface area contributed by atoms with Gasteiger partial charge < -0.3 is 15.6 Å². The molecule has 1 rings (SSSR count). The van der Waals surface area contributed by atoms with Crippen LogP contribution in [0, 0.1) is 0 Å². The van der Waals surface area contributed by atoms with Gasteiger partial charge in [-0.05, 0) is 6.07 Å². The summed E-state index contributed by atoms with van der Waals surface area (Å²) in [6.07, 6.45) is 0. The molecule has 0 aromatic heterocycles. The van der Waals surface area contributed by atoms with Crippen molar-refractivity contribution in [3.8, 4) is 5.75 Å². The van der Waals surface area contributed by atoms with Gasteiger partial charge in [0.1, 0.15) is 11.8 Å². The zero-order valence-corrected chi connectivity index (χ0v) is 9.51. The van der Waals surface area contributed by atoms with Gasteiger partial charge >= 0.3 is 5.97 Å². The van der Waals surface area contributed by atoms with Crippen molar-refractivity contribution in [1.29, 1.82) is 0 Å². The third kappa shape index (κ3) is 2.99. The average Bonchev–Trinajstić information content (AvgIpc) is 2.20. The lowest BCUT2D eigenvalue weighted by Gasteiger charge is -2.11. The summed E-state index contributed by atoms with van der Waals surface area (Å²) in [5, 5.41) is 9.65. The van der Waals surface area contributed by atoms with E-state index in [1.807, 2.05) is 0 Å². The van der Waals surface area contributed by atoms with Crippen LogP contribution in [-0.2, 0) is 9.53 Å². The molecule has 1 aromatic carbocycles. The summed E-state index contributed by atoms with van der Waals surface area (Å²) < 4.78 is 4.44. The highest BCUT2D eigenvalue weighted by atomic mass is 35.5. The largest absolute Gasteiger partial charge is 0.506 e. The molecule has 0 fully saturated rings. The minimum absolute atomic E-state index is 0. The molecule has 0 bridgehead atoms. The first kappa shape index (κ1) is 14.0. The molecule has 0 amide bonds. The monoisotopic (exact) mass is 251 g/mol. The molecule has 0 saturated heterocycles. The molecule has 1 atom stereocenters. The first-order valence-corrected chi connectivity index (χ1v) is 4.26. The van der Waals surface area contributed by atoms with Gasteiger partial charge in [-0.25, -0.2) is 0 Å². The van der Waals surface area contributed by atoms with E-state index in [2.05, 4.69) is 4.74 Å². The van der Waals surface area contributed by atoms with Crippen molar-refractivity contribution in [2.45, 2.75) is 6.04 Å². The van der Waals surface area contributed by atoms with Crippen molar-refractivity contribution < 1.29 is 14.6 Å². The van der Waals surface area contributed by atoms with Crippen molar-refractivity contribution >= 4 is 30.0 Å². The van der Waals surface area contributed by atoms with Crippen LogP contribution >= 0.6 is 24.0 Å². The van der Waals surface area contributed by atoms with Crippen LogP contribution < -0.4 is 5.73 Å². The summed E-state index contributed by atoms with van der Waals surface area (Å²) in [5.41, 5.74) is 5.78. The van der Waals surface area contributed by atoms with E-state index in [0.717, 1.165) is 0 Å². The molecular weight excluding hydrogens is 241 g/mol. The number of ether oxygens (including phenoxy) is 1. The Labute approximate surface area is 98.4 Å². The van der Waals surface area contributed by atoms with E-state index in [9.17, 15) is 9.90 Å². The predicted octanol–water partition coefficient (Wildman–Crippen LogP) is 1.64. The average molecular weight is 252 g/mol. The topological polar surface area (TPSA) is 72.5 Å². The van der Waals surface area contributed by atoms with Gasteiger partial charge in [-0.1, -0.05) is 23.7 Å². The number of hydrogen-bond acceptors (Lipinski definition) is 4. The minimum atomic E-state index is -1.02. The highest BCUT2D eigenvalue weighted by molar-refractivity contribution is 6.32. The van der Waals surface area contributed by atoms with Gasteiger partial charge in [-0.3, -0.25) is 4.79 Å². The Kier molecular flexibility index (Phi) is 5.43. The molecule has 0 aliphatic rings. The van der Waals surface area contributed by atoms with Crippen LogP contribution in [0.2, 0.25) is 5.02 Å². The first-order chi connectivity index (χ1) is 6.57. The molecule has 15 heavy (non-hydrogen) atoms. The number of hydrogen-bond donors (Lipinski definition) is 2. The van der Waals surface area contributed by atoms with Gasteiger partial charge in [0, 0.05) is 5.56 Å². The number of esters is 1. The first-order valence-electron chi connectivity index (χ1n) is 3.88. The Morgan fingerprint density at radius 3 is 2.73 bits per heavy atom. The lowest BCUT2D eigenvalue weighted by molar-refractivity contribution is -0.142. The smallest absolute Gasteiger partial charge is 0.327 e. The van der Waals surface area contributed by atoms with Gasteiger partial charge in [-0.15, -0.1) is 12.4 Å². The van der Waals surface area contributed by atoms with Crippen LogP contribution in [0.4, 0.5) is 0 Å². The normalized spacial score (nSPS) is 11.4. The van der Waals surface area contributed by atoms with Gasteiger partial charge in [0.25, 0.3) is 0 Å². The lowest BCUT2D eigenvalue weighted by Crippen LogP contribution is -2.22. The maximum absolute atomic E-state index is 11.1. The second-order valence-corrected chi connectivity index (χ2v) is 3.09. The number of carbonyl (C=O) groups excluding carboxylic acids is 1. The van der Waals surface area contributed by atoms with Crippen LogP contribution in [0.25, 0.3) is 0 Å². The highest BCUT2D eigenvalue weighted by Gasteiger charge is 2.20. The van der Waals surface area contributed by atoms with E-state index in [1.54, 1.807) is 6.07 Å². The third-order valence-corrected chi connectivity index (χ3v) is 2.11. The van der Waals surface area contributed by atoms with Crippen LogP contribution in [0.5, 0.6) is 5.75 Å². The fraction of sp³-hybridized carbons (Fsp3) is 0.222. The van der Waals surface area contributed by atoms with Crippen molar-refractivity contribution in [1.82, 2.24) is 0 Å². The zero-order valence-electron chi connectivity index (χ0n) is 7.94. The summed E-state index contributed by atoms with van der Waals surface area (Å²) in [5.74, 6) is -0.811. The van der Waals surface area contributed by atoms with Gasteiger partial charge in [0.05, 0.1) is 12.1 Å². The Balaban J connectivity index is 0.00000196. The van der Waals surface area contributed by atoms with Gasteiger partial charge in [-0.2, -0.15) is 0 Å². The number of halogens is 2. The van der Waals surface area contributed by atoms with E-state index < -0.39 is 12.0 Å². The number of rotatable bonds is 2. The highest BCUT2D eigenvalue weighted by Crippen LogP contribution is 2.30. The Hall–Kier alpha value is -0.970. The van der Waals surface area contributed by atoms with Crippen LogP contribution in [0.3, 0.4) is 0 Å². The molecule has 0 saturated carbocycles. The van der Waals surface area contributed by atoms with Crippen molar-refractivity contribution in [3.05, 3.63) is 28.8 Å². The maximum Gasteiger partial charge on any atom is 0.327 e. The number of benzene rings is 1. The number of para-hydroxylation sites is 1. The van der Waals surface area contributed by atoms with E-state index >= 15 is 0 Å². The Morgan fingerprint density at radius 1 is 1.60 bits per heavy atom. The predicted molar refractivity (Wildman–Crippen MR) is 59.3 cm³/mol. The fourth-order valence-electron chi connectivity index (χ4n) is 1.04. The van der Waals surface area contributed by atoms with E-state index in [-0.39, 0.29) is 28.7 Å². The Bertz CT molecular complexity index is 357. The van der Waals surface area contributed by atoms with E-state index in [4.69, 9.17) is 17.3 Å². The van der Waals surface area contributed by atoms with Gasteiger partial charge in [0.2, 0.25) is 0 Å². The maximum atomic E-state index is 11.1. The molecule has 0 radical (unpaired) electrons. The molecule has 0 unspecified atom stereocenters. The summed E-state index contributed by atoms with van der Waals surface area (Å²) >= 11 is 5.65. The quantitative estimate of drug-likeness (QED) is 0.785. The lowest BCUT2D eigenvalue weighted by atomic mass is 10.1. The molecule has 0 aliphatic carbocycles. The van der Waals surface area contributed by atoms with E-state index in [0.29, 0.717) is 0 Å². The molecule has 3 N–H and O–H groups in total. The molecular formula is C9H11Cl2NO3. The van der Waals surface area contributed by atoms with E-state index in [1.165, 1.54) is 19.2 Å². The van der Waals surface area contributed by atoms with Gasteiger partial charge in [0.15, 0.2) is 0 Å². The summed E-state index contributed by atoms with van der Waals surface area (Å²) in [6.45, 7) is 0. The van der Waals surface area contributed by atoms with Crippen molar-refractivity contribution in [3.63, 3.8) is 0 Å². The molecule has 0 spiro atoms.